The summed E-state index contributed by atoms with van der Waals surface area (Å²) in [7, 11) is 0. The third-order valence-electron chi connectivity index (χ3n) is 8.30. The molecule has 136 valence electrons. The molecule has 1 spiro atoms. The first-order valence-electron chi connectivity index (χ1n) is 9.94. The molecular weight excluding hydrogens is 348 g/mol. The zero-order valence-electron chi connectivity index (χ0n) is 15.3. The van der Waals surface area contributed by atoms with Crippen molar-refractivity contribution in [3.8, 4) is 0 Å². The Bertz CT molecular complexity index is 677. The van der Waals surface area contributed by atoms with Crippen LogP contribution in [0.4, 0.5) is 0 Å². The fourth-order valence-corrected chi connectivity index (χ4v) is 10.1. The summed E-state index contributed by atoms with van der Waals surface area (Å²) < 4.78 is 0.303. The summed E-state index contributed by atoms with van der Waals surface area (Å²) in [4.78, 5) is 25.8. The number of carbonyl (C=O) groups excluding carboxylic acids is 2. The third-order valence-corrected chi connectivity index (χ3v) is 11.7. The Morgan fingerprint density at radius 1 is 1.00 bits per heavy atom. The summed E-state index contributed by atoms with van der Waals surface area (Å²) in [5.41, 5.74) is 1.29. The highest BCUT2D eigenvalue weighted by Gasteiger charge is 2.62. The van der Waals surface area contributed by atoms with Crippen molar-refractivity contribution in [3.05, 3.63) is 11.6 Å². The lowest BCUT2D eigenvalue weighted by atomic mass is 9.47. The number of hydrogen-bond donors (Lipinski definition) is 0. The number of allylic oxidation sites excluding steroid dienone is 1. The molecule has 5 atom stereocenters. The Morgan fingerprint density at radius 2 is 1.76 bits per heavy atom. The fourth-order valence-electron chi connectivity index (χ4n) is 6.98. The first-order chi connectivity index (χ1) is 11.9. The van der Waals surface area contributed by atoms with Crippen molar-refractivity contribution in [2.24, 2.45) is 28.6 Å². The summed E-state index contributed by atoms with van der Waals surface area (Å²) in [6.45, 7) is 4.47. The Morgan fingerprint density at radius 3 is 2.52 bits per heavy atom. The van der Waals surface area contributed by atoms with Gasteiger partial charge in [-0.05, 0) is 49.4 Å². The van der Waals surface area contributed by atoms with E-state index in [1.165, 1.54) is 17.9 Å². The van der Waals surface area contributed by atoms with Crippen LogP contribution < -0.4 is 0 Å². The van der Waals surface area contributed by atoms with Crippen LogP contribution in [0.15, 0.2) is 11.6 Å². The average molecular weight is 377 g/mol. The van der Waals surface area contributed by atoms with Crippen LogP contribution in [-0.2, 0) is 9.59 Å². The van der Waals surface area contributed by atoms with Gasteiger partial charge in [0.05, 0.1) is 4.08 Å². The molecule has 1 saturated heterocycles. The van der Waals surface area contributed by atoms with Gasteiger partial charge in [0.25, 0.3) is 0 Å². The van der Waals surface area contributed by atoms with Gasteiger partial charge in [-0.1, -0.05) is 25.5 Å². The van der Waals surface area contributed by atoms with Crippen LogP contribution in [0.3, 0.4) is 0 Å². The number of rotatable bonds is 0. The first kappa shape index (κ1) is 16.9. The minimum absolute atomic E-state index is 0.0575. The molecule has 4 heteroatoms. The summed E-state index contributed by atoms with van der Waals surface area (Å²) >= 11 is 4.24. The molecule has 1 aliphatic heterocycles. The van der Waals surface area contributed by atoms with Crippen molar-refractivity contribution in [1.29, 1.82) is 0 Å². The maximum Gasteiger partial charge on any atom is 0.139 e. The van der Waals surface area contributed by atoms with Gasteiger partial charge < -0.3 is 0 Å². The molecule has 4 fully saturated rings. The normalized spacial score (nSPS) is 48.1. The average Bonchev–Trinajstić information content (AvgIpc) is 3.13. The molecule has 0 aromatic rings. The minimum atomic E-state index is -0.344. The van der Waals surface area contributed by atoms with E-state index >= 15 is 0 Å². The quantitative estimate of drug-likeness (QED) is 0.565. The van der Waals surface area contributed by atoms with Crippen molar-refractivity contribution >= 4 is 35.1 Å². The number of thioether (sulfide) groups is 2. The van der Waals surface area contributed by atoms with Crippen molar-refractivity contribution in [3.63, 3.8) is 0 Å². The van der Waals surface area contributed by atoms with Crippen molar-refractivity contribution in [1.82, 2.24) is 0 Å². The van der Waals surface area contributed by atoms with Gasteiger partial charge >= 0.3 is 0 Å². The van der Waals surface area contributed by atoms with Crippen LogP contribution in [0.5, 0.6) is 0 Å². The Hall–Kier alpha value is -0.220. The van der Waals surface area contributed by atoms with Crippen LogP contribution in [0.25, 0.3) is 0 Å². The van der Waals surface area contributed by atoms with E-state index in [4.69, 9.17) is 0 Å². The molecular formula is C21H28O2S2. The smallest absolute Gasteiger partial charge is 0.139 e. The van der Waals surface area contributed by atoms with Crippen LogP contribution in [-0.4, -0.2) is 27.2 Å². The lowest BCUT2D eigenvalue weighted by Gasteiger charge is -2.57. The van der Waals surface area contributed by atoms with E-state index in [1.54, 1.807) is 5.57 Å². The van der Waals surface area contributed by atoms with E-state index in [9.17, 15) is 9.59 Å². The second-order valence-electron chi connectivity index (χ2n) is 9.40. The molecule has 5 rings (SSSR count). The van der Waals surface area contributed by atoms with E-state index in [2.05, 4.69) is 43.4 Å². The highest BCUT2D eigenvalue weighted by atomic mass is 32.2. The molecule has 1 unspecified atom stereocenters. The second-order valence-corrected chi connectivity index (χ2v) is 12.5. The highest BCUT2D eigenvalue weighted by molar-refractivity contribution is 8.21. The summed E-state index contributed by atoms with van der Waals surface area (Å²) in [5.74, 6) is 4.35. The predicted octanol–water partition coefficient (Wildman–Crippen LogP) is 4.87. The highest BCUT2D eigenvalue weighted by Crippen LogP contribution is 2.66. The molecule has 5 aliphatic rings. The zero-order valence-corrected chi connectivity index (χ0v) is 16.9. The van der Waals surface area contributed by atoms with Crippen LogP contribution in [0, 0.1) is 28.6 Å². The van der Waals surface area contributed by atoms with Gasteiger partial charge in [0.15, 0.2) is 0 Å². The number of carbonyl (C=O) groups is 2. The van der Waals surface area contributed by atoms with Crippen LogP contribution >= 0.6 is 23.5 Å². The summed E-state index contributed by atoms with van der Waals surface area (Å²) in [6.07, 6.45) is 9.45. The standard InChI is InChI=1S/C21H28O2S2/c1-19-7-8-21(24-9-10-25-21)11-13(19)3-4-14-15-5-6-17(23)20(15,2)12-16(22)18(14)19/h11,14-15,18H,3-10,12H2,1-2H3/t14-,15-,18?,19-,20-/m0/s1. The Kier molecular flexibility index (Phi) is 3.66. The SMILES string of the molecule is C[C@]12CCC3(C=C1CC[C@@H]1C2C(=O)C[C@]2(C)C(=O)CC[C@@H]12)SCCS3. The molecule has 0 aromatic heterocycles. The van der Waals surface area contributed by atoms with E-state index in [1.807, 2.05) is 0 Å². The summed E-state index contributed by atoms with van der Waals surface area (Å²) in [6, 6.07) is 0. The molecule has 4 aliphatic carbocycles. The lowest BCUT2D eigenvalue weighted by Crippen LogP contribution is -2.55. The Balaban J connectivity index is 1.53. The molecule has 3 saturated carbocycles. The van der Waals surface area contributed by atoms with Crippen LogP contribution in [0.1, 0.15) is 58.8 Å². The van der Waals surface area contributed by atoms with Gasteiger partial charge in [-0.15, -0.1) is 23.5 Å². The van der Waals surface area contributed by atoms with E-state index in [0.717, 1.165) is 25.7 Å². The second kappa shape index (κ2) is 5.41. The van der Waals surface area contributed by atoms with E-state index in [-0.39, 0.29) is 16.7 Å². The topological polar surface area (TPSA) is 34.1 Å². The molecule has 0 bridgehead atoms. The molecule has 0 aromatic carbocycles. The molecule has 2 nitrogen and oxygen atoms in total. The molecule has 25 heavy (non-hydrogen) atoms. The number of ketones is 2. The van der Waals surface area contributed by atoms with Crippen LogP contribution in [0.2, 0.25) is 0 Å². The number of hydrogen-bond acceptors (Lipinski definition) is 4. The van der Waals surface area contributed by atoms with Gasteiger partial charge in [-0.3, -0.25) is 9.59 Å². The van der Waals surface area contributed by atoms with Gasteiger partial charge in [0, 0.05) is 35.7 Å². The van der Waals surface area contributed by atoms with Crippen molar-refractivity contribution < 1.29 is 9.59 Å². The fraction of sp³-hybridized carbons (Fsp3) is 0.810. The third kappa shape index (κ3) is 2.19. The van der Waals surface area contributed by atoms with Crippen molar-refractivity contribution in [2.45, 2.75) is 62.9 Å². The van der Waals surface area contributed by atoms with E-state index < -0.39 is 0 Å². The monoisotopic (exact) mass is 376 g/mol. The zero-order chi connectivity index (χ0) is 17.4. The number of Topliss-reactive ketones (excluding diaryl/α,β-unsaturated/α-hetero) is 2. The minimum Gasteiger partial charge on any atom is -0.299 e. The summed E-state index contributed by atoms with van der Waals surface area (Å²) in [5, 5.41) is 0. The maximum absolute atomic E-state index is 13.3. The first-order valence-corrected chi connectivity index (χ1v) is 11.9. The van der Waals surface area contributed by atoms with Crippen molar-refractivity contribution in [2.75, 3.05) is 11.5 Å². The van der Waals surface area contributed by atoms with Gasteiger partial charge in [-0.25, -0.2) is 0 Å². The maximum atomic E-state index is 13.3. The van der Waals surface area contributed by atoms with E-state index in [0.29, 0.717) is 40.3 Å². The lowest BCUT2D eigenvalue weighted by molar-refractivity contribution is -0.149. The van der Waals surface area contributed by atoms with Gasteiger partial charge in [-0.2, -0.15) is 0 Å². The molecule has 1 heterocycles. The largest absolute Gasteiger partial charge is 0.299 e. The Labute approximate surface area is 159 Å². The number of fused-ring (bicyclic) bond motifs is 5. The molecule has 0 radical (unpaired) electrons. The molecule has 0 N–H and O–H groups in total. The van der Waals surface area contributed by atoms with Gasteiger partial charge in [0.2, 0.25) is 0 Å². The molecule has 0 amide bonds. The van der Waals surface area contributed by atoms with Gasteiger partial charge in [0.1, 0.15) is 11.6 Å². The predicted molar refractivity (Wildman–Crippen MR) is 105 cm³/mol.